The van der Waals surface area contributed by atoms with Crippen LogP contribution in [0, 0.1) is 6.07 Å². The van der Waals surface area contributed by atoms with Crippen molar-refractivity contribution in [1.82, 2.24) is 4.57 Å². The van der Waals surface area contributed by atoms with Gasteiger partial charge in [0.05, 0.1) is 17.6 Å². The van der Waals surface area contributed by atoms with E-state index in [9.17, 15) is 4.79 Å². The molecule has 0 atom stereocenters. The van der Waals surface area contributed by atoms with Gasteiger partial charge in [0.15, 0.2) is 0 Å². The Morgan fingerprint density at radius 1 is 1.07 bits per heavy atom. The summed E-state index contributed by atoms with van der Waals surface area (Å²) >= 11 is 0. The highest BCUT2D eigenvalue weighted by atomic mass is 16.5. The minimum Gasteiger partial charge on any atom is -0.494 e. The summed E-state index contributed by atoms with van der Waals surface area (Å²) in [5.41, 5.74) is 10.6. The average molecular weight is 371 g/mol. The van der Waals surface area contributed by atoms with Gasteiger partial charge in [0.25, 0.3) is 0 Å². The molecule has 3 aromatic carbocycles. The molecule has 1 amide bonds. The molecule has 0 spiro atoms. The topological polar surface area (TPSA) is 57.2 Å². The minimum atomic E-state index is -0.418. The summed E-state index contributed by atoms with van der Waals surface area (Å²) in [6.07, 6.45) is 0.930. The quantitative estimate of drug-likeness (QED) is 0.534. The lowest BCUT2D eigenvalue weighted by Crippen LogP contribution is -2.11. The minimum absolute atomic E-state index is 0.418. The fourth-order valence-corrected chi connectivity index (χ4v) is 3.72. The van der Waals surface area contributed by atoms with Crippen molar-refractivity contribution in [2.75, 3.05) is 6.61 Å². The fourth-order valence-electron chi connectivity index (χ4n) is 3.72. The summed E-state index contributed by atoms with van der Waals surface area (Å²) in [5.74, 6) is 0.449. The second-order valence-electron chi connectivity index (χ2n) is 6.85. The highest BCUT2D eigenvalue weighted by Crippen LogP contribution is 2.33. The Morgan fingerprint density at radius 2 is 1.86 bits per heavy atom. The van der Waals surface area contributed by atoms with Crippen molar-refractivity contribution in [1.29, 1.82) is 0 Å². The van der Waals surface area contributed by atoms with Gasteiger partial charge in [0.2, 0.25) is 5.91 Å². The van der Waals surface area contributed by atoms with Crippen LogP contribution < -0.4 is 10.5 Å². The van der Waals surface area contributed by atoms with Crippen LogP contribution in [0.2, 0.25) is 0 Å². The SMILES string of the molecule is CCOc1ccc(Cn2c3cc(CC)c[c]c3c3c(C(N)=O)cccc32)cc1. The zero-order chi connectivity index (χ0) is 19.7. The van der Waals surface area contributed by atoms with Gasteiger partial charge in [-0.2, -0.15) is 0 Å². The highest BCUT2D eigenvalue weighted by Gasteiger charge is 2.17. The molecule has 0 saturated carbocycles. The van der Waals surface area contributed by atoms with E-state index in [1.54, 1.807) is 6.07 Å². The van der Waals surface area contributed by atoms with Gasteiger partial charge in [0.1, 0.15) is 5.75 Å². The van der Waals surface area contributed by atoms with E-state index in [1.165, 1.54) is 5.56 Å². The monoisotopic (exact) mass is 371 g/mol. The molecule has 28 heavy (non-hydrogen) atoms. The van der Waals surface area contributed by atoms with Crippen molar-refractivity contribution < 1.29 is 9.53 Å². The molecule has 4 rings (SSSR count). The Balaban J connectivity index is 1.92. The van der Waals surface area contributed by atoms with Gasteiger partial charge < -0.3 is 15.0 Å². The number of carbonyl (C=O) groups is 1. The van der Waals surface area contributed by atoms with Crippen molar-refractivity contribution in [3.8, 4) is 5.75 Å². The Morgan fingerprint density at radius 3 is 2.54 bits per heavy atom. The molecule has 1 radical (unpaired) electrons. The number of aromatic nitrogens is 1. The Hall–Kier alpha value is -3.27. The molecule has 141 valence electrons. The molecule has 0 aliphatic carbocycles. The van der Waals surface area contributed by atoms with Gasteiger partial charge in [-0.1, -0.05) is 31.2 Å². The van der Waals surface area contributed by atoms with Crippen LogP contribution in [0.1, 0.15) is 35.3 Å². The highest BCUT2D eigenvalue weighted by molar-refractivity contribution is 6.17. The van der Waals surface area contributed by atoms with Gasteiger partial charge in [-0.15, -0.1) is 0 Å². The van der Waals surface area contributed by atoms with E-state index in [0.717, 1.165) is 39.5 Å². The molecular weight excluding hydrogens is 348 g/mol. The van der Waals surface area contributed by atoms with Crippen LogP contribution >= 0.6 is 0 Å². The number of amides is 1. The molecule has 0 unspecified atom stereocenters. The predicted molar refractivity (Wildman–Crippen MR) is 113 cm³/mol. The number of nitrogens with two attached hydrogens (primary N) is 1. The lowest BCUT2D eigenvalue weighted by molar-refractivity contribution is 0.100. The van der Waals surface area contributed by atoms with Gasteiger partial charge in [0, 0.05) is 22.9 Å². The fraction of sp³-hybridized carbons (Fsp3) is 0.208. The lowest BCUT2D eigenvalue weighted by Gasteiger charge is -2.10. The molecule has 4 nitrogen and oxygen atoms in total. The first-order chi connectivity index (χ1) is 13.6. The maximum atomic E-state index is 12.0. The van der Waals surface area contributed by atoms with Gasteiger partial charge in [-0.3, -0.25) is 4.79 Å². The van der Waals surface area contributed by atoms with Crippen LogP contribution in [0.3, 0.4) is 0 Å². The molecule has 4 heteroatoms. The molecule has 0 aliphatic rings. The summed E-state index contributed by atoms with van der Waals surface area (Å²) < 4.78 is 7.78. The van der Waals surface area contributed by atoms with E-state index in [0.29, 0.717) is 18.7 Å². The van der Waals surface area contributed by atoms with Crippen LogP contribution in [0.25, 0.3) is 21.8 Å². The third-order valence-corrected chi connectivity index (χ3v) is 5.10. The number of hydrogen-bond acceptors (Lipinski definition) is 2. The number of hydrogen-bond donors (Lipinski definition) is 1. The molecule has 2 N–H and O–H groups in total. The maximum Gasteiger partial charge on any atom is 0.249 e. The lowest BCUT2D eigenvalue weighted by atomic mass is 10.0. The summed E-state index contributed by atoms with van der Waals surface area (Å²) in [6.45, 7) is 5.45. The van der Waals surface area contributed by atoms with Crippen molar-refractivity contribution in [2.45, 2.75) is 26.8 Å². The van der Waals surface area contributed by atoms with E-state index in [4.69, 9.17) is 10.5 Å². The first kappa shape index (κ1) is 18.1. The van der Waals surface area contributed by atoms with Crippen LogP contribution in [0.4, 0.5) is 0 Å². The van der Waals surface area contributed by atoms with E-state index in [-0.39, 0.29) is 0 Å². The van der Waals surface area contributed by atoms with Gasteiger partial charge >= 0.3 is 0 Å². The molecule has 0 bridgehead atoms. The van der Waals surface area contributed by atoms with Crippen molar-refractivity contribution >= 4 is 27.7 Å². The van der Waals surface area contributed by atoms with Crippen LogP contribution in [0.5, 0.6) is 5.75 Å². The van der Waals surface area contributed by atoms with E-state index in [2.05, 4.69) is 35.8 Å². The number of benzene rings is 3. The molecular formula is C24H23N2O2. The zero-order valence-electron chi connectivity index (χ0n) is 16.2. The Labute approximate surface area is 164 Å². The summed E-state index contributed by atoms with van der Waals surface area (Å²) in [5, 5.41) is 1.81. The maximum absolute atomic E-state index is 12.0. The van der Waals surface area contributed by atoms with Crippen molar-refractivity contribution in [3.05, 3.63) is 77.4 Å². The summed E-state index contributed by atoms with van der Waals surface area (Å²) in [7, 11) is 0. The van der Waals surface area contributed by atoms with E-state index >= 15 is 0 Å². The molecule has 0 aliphatic heterocycles. The van der Waals surface area contributed by atoms with Crippen molar-refractivity contribution in [3.63, 3.8) is 0 Å². The largest absolute Gasteiger partial charge is 0.494 e. The molecule has 1 heterocycles. The van der Waals surface area contributed by atoms with Crippen LogP contribution in [-0.2, 0) is 13.0 Å². The Kier molecular flexibility index (Phi) is 4.78. The van der Waals surface area contributed by atoms with Crippen molar-refractivity contribution in [2.24, 2.45) is 5.73 Å². The summed E-state index contributed by atoms with van der Waals surface area (Å²) in [6, 6.07) is 21.4. The zero-order valence-corrected chi connectivity index (χ0v) is 16.2. The standard InChI is InChI=1S/C24H23N2O2/c1-3-16-10-13-19-22(14-16)26(15-17-8-11-18(12-9-17)28-4-2)21-7-5-6-20(23(19)21)24(25)27/h5-12,14H,3-4,15H2,1-2H3,(H2,25,27). The second kappa shape index (κ2) is 7.39. The number of nitrogens with zero attached hydrogens (tertiary/aromatic N) is 1. The average Bonchev–Trinajstić information content (AvgIpc) is 3.02. The number of fused-ring (bicyclic) bond motifs is 3. The van der Waals surface area contributed by atoms with Crippen LogP contribution in [0.15, 0.2) is 54.6 Å². The molecule has 0 fully saturated rings. The molecule has 0 saturated heterocycles. The third-order valence-electron chi connectivity index (χ3n) is 5.10. The first-order valence-electron chi connectivity index (χ1n) is 9.59. The Bertz CT molecular complexity index is 1160. The first-order valence-corrected chi connectivity index (χ1v) is 9.59. The van der Waals surface area contributed by atoms with Gasteiger partial charge in [-0.25, -0.2) is 0 Å². The second-order valence-corrected chi connectivity index (χ2v) is 6.85. The van der Waals surface area contributed by atoms with E-state index in [1.807, 2.05) is 37.3 Å². The molecule has 1 aromatic heterocycles. The predicted octanol–water partition coefficient (Wildman–Crippen LogP) is 4.70. The smallest absolute Gasteiger partial charge is 0.249 e. The number of ether oxygens (including phenoxy) is 1. The number of rotatable bonds is 6. The van der Waals surface area contributed by atoms with Crippen LogP contribution in [-0.4, -0.2) is 17.1 Å². The van der Waals surface area contributed by atoms with Gasteiger partial charge in [-0.05, 0) is 60.9 Å². The normalized spacial score (nSPS) is 11.2. The summed E-state index contributed by atoms with van der Waals surface area (Å²) in [4.78, 5) is 12.0. The number of carbonyl (C=O) groups excluding carboxylic acids is 1. The third kappa shape index (κ3) is 3.11. The number of aryl methyl sites for hydroxylation is 1. The molecule has 4 aromatic rings. The van der Waals surface area contributed by atoms with E-state index < -0.39 is 5.91 Å². The number of primary amides is 1.